The molecule has 0 aliphatic heterocycles. The first-order valence-corrected chi connectivity index (χ1v) is 14.0. The maximum atomic E-state index is 9.45. The predicted octanol–water partition coefficient (Wildman–Crippen LogP) is 7.26. The molecule has 0 radical (unpaired) electrons. The number of benzene rings is 4. The van der Waals surface area contributed by atoms with Gasteiger partial charge >= 0.3 is 0 Å². The minimum Gasteiger partial charge on any atom is -0.309 e. The maximum Gasteiger partial charge on any atom is 0.165 e. The fourth-order valence-electron chi connectivity index (χ4n) is 5.71. The summed E-state index contributed by atoms with van der Waals surface area (Å²) >= 11 is 0. The van der Waals surface area contributed by atoms with Gasteiger partial charge in [0.2, 0.25) is 0 Å². The molecule has 0 saturated carbocycles. The number of hydrogen-bond acceptors (Lipinski definition) is 7. The van der Waals surface area contributed by atoms with Gasteiger partial charge in [0, 0.05) is 21.9 Å². The van der Waals surface area contributed by atoms with Gasteiger partial charge < -0.3 is 4.57 Å². The summed E-state index contributed by atoms with van der Waals surface area (Å²) in [7, 11) is 0. The second-order valence-corrected chi connectivity index (χ2v) is 10.5. The average Bonchev–Trinajstić information content (AvgIpc) is 3.33. The van der Waals surface area contributed by atoms with Gasteiger partial charge in [0.15, 0.2) is 11.6 Å². The van der Waals surface area contributed by atoms with E-state index in [1.807, 2.05) is 58.0 Å². The summed E-state index contributed by atoms with van der Waals surface area (Å²) in [4.78, 5) is 27.5. The molecule has 43 heavy (non-hydrogen) atoms. The number of hydrogen-bond donors (Lipinski definition) is 0. The van der Waals surface area contributed by atoms with E-state index in [0.29, 0.717) is 40.5 Å². The van der Waals surface area contributed by atoms with Gasteiger partial charge in [-0.3, -0.25) is 0 Å². The van der Waals surface area contributed by atoms with Gasteiger partial charge in [0.1, 0.15) is 23.3 Å². The molecule has 0 amide bonds. The summed E-state index contributed by atoms with van der Waals surface area (Å²) in [5.74, 6) is 3.82. The molecule has 0 aliphatic rings. The monoisotopic (exact) mass is 558 g/mol. The second kappa shape index (κ2) is 10.2. The van der Waals surface area contributed by atoms with Crippen molar-refractivity contribution in [3.05, 3.63) is 114 Å². The third-order valence-electron chi connectivity index (χ3n) is 7.45. The minimum atomic E-state index is 0.584. The van der Waals surface area contributed by atoms with Crippen LogP contribution in [-0.4, -0.2) is 34.5 Å². The summed E-state index contributed by atoms with van der Waals surface area (Å²) in [5.41, 5.74) is 7.42. The highest BCUT2D eigenvalue weighted by molar-refractivity contribution is 6.11. The van der Waals surface area contributed by atoms with Gasteiger partial charge in [-0.05, 0) is 87.4 Å². The minimum absolute atomic E-state index is 0.584. The highest BCUT2D eigenvalue weighted by atomic mass is 15.0. The Labute approximate surface area is 248 Å². The fourth-order valence-corrected chi connectivity index (χ4v) is 5.71. The molecule has 8 nitrogen and oxygen atoms in total. The standard InChI is InChI=1S/C35H26N8/c1-20-37-21(2)40-34(39-20)27-13-15-33(30(18-27)35-41-22(3)38-23(4)42-35)43-31-11-6-5-10-28(31)29-17-26(12-14-32(29)43)25-9-7-8-24(16-25)19-36/h5-18H,1-4H3. The van der Waals surface area contributed by atoms with Gasteiger partial charge in [-0.25, -0.2) is 29.9 Å². The number of para-hydroxylation sites is 1. The van der Waals surface area contributed by atoms with Gasteiger partial charge in [0.25, 0.3) is 0 Å². The second-order valence-electron chi connectivity index (χ2n) is 10.5. The molecule has 0 N–H and O–H groups in total. The number of nitriles is 1. The van der Waals surface area contributed by atoms with Crippen molar-refractivity contribution in [2.24, 2.45) is 0 Å². The van der Waals surface area contributed by atoms with Crippen LogP contribution >= 0.6 is 0 Å². The van der Waals surface area contributed by atoms with Crippen molar-refractivity contribution < 1.29 is 0 Å². The first-order valence-electron chi connectivity index (χ1n) is 14.0. The van der Waals surface area contributed by atoms with Crippen LogP contribution in [0.5, 0.6) is 0 Å². The Morgan fingerprint density at radius 1 is 0.535 bits per heavy atom. The van der Waals surface area contributed by atoms with E-state index < -0.39 is 0 Å². The van der Waals surface area contributed by atoms with Crippen molar-refractivity contribution in [1.82, 2.24) is 34.5 Å². The molecule has 206 valence electrons. The van der Waals surface area contributed by atoms with E-state index in [0.717, 1.165) is 49.7 Å². The highest BCUT2D eigenvalue weighted by Crippen LogP contribution is 2.38. The molecule has 0 aliphatic carbocycles. The van der Waals surface area contributed by atoms with Crippen LogP contribution in [0.15, 0.2) is 84.9 Å². The van der Waals surface area contributed by atoms with Gasteiger partial charge in [0.05, 0.1) is 28.4 Å². The third-order valence-corrected chi connectivity index (χ3v) is 7.45. The topological polar surface area (TPSA) is 106 Å². The van der Waals surface area contributed by atoms with E-state index in [1.54, 1.807) is 0 Å². The molecule has 7 aromatic rings. The zero-order valence-electron chi connectivity index (χ0n) is 24.2. The number of aromatic nitrogens is 7. The summed E-state index contributed by atoms with van der Waals surface area (Å²) in [6.07, 6.45) is 0. The maximum absolute atomic E-state index is 9.45. The summed E-state index contributed by atoms with van der Waals surface area (Å²) in [6, 6.07) is 31.0. The fraction of sp³-hybridized carbons (Fsp3) is 0.114. The molecule has 8 heteroatoms. The van der Waals surface area contributed by atoms with Crippen molar-refractivity contribution in [2.45, 2.75) is 27.7 Å². The van der Waals surface area contributed by atoms with Crippen molar-refractivity contribution in [2.75, 3.05) is 0 Å². The highest BCUT2D eigenvalue weighted by Gasteiger charge is 2.20. The first kappa shape index (κ1) is 26.1. The van der Waals surface area contributed by atoms with Gasteiger partial charge in [-0.2, -0.15) is 5.26 Å². The van der Waals surface area contributed by atoms with Crippen LogP contribution in [0.3, 0.4) is 0 Å². The zero-order valence-corrected chi connectivity index (χ0v) is 24.2. The molecule has 0 spiro atoms. The van der Waals surface area contributed by atoms with Crippen molar-refractivity contribution in [1.29, 1.82) is 5.26 Å². The Hall–Kier alpha value is -5.81. The molecular formula is C35H26N8. The summed E-state index contributed by atoms with van der Waals surface area (Å²) in [5, 5.41) is 11.7. The van der Waals surface area contributed by atoms with Crippen molar-refractivity contribution >= 4 is 21.8 Å². The molecule has 0 fully saturated rings. The summed E-state index contributed by atoms with van der Waals surface area (Å²) < 4.78 is 2.26. The lowest BCUT2D eigenvalue weighted by Crippen LogP contribution is -2.04. The lowest BCUT2D eigenvalue weighted by Gasteiger charge is -2.15. The molecule has 3 heterocycles. The van der Waals surface area contributed by atoms with Crippen LogP contribution in [0, 0.1) is 39.0 Å². The lowest BCUT2D eigenvalue weighted by atomic mass is 10.0. The van der Waals surface area contributed by atoms with E-state index in [9.17, 15) is 5.26 Å². The first-order chi connectivity index (χ1) is 20.9. The van der Waals surface area contributed by atoms with Crippen LogP contribution in [0.25, 0.3) is 61.4 Å². The molecule has 4 aromatic carbocycles. The average molecular weight is 559 g/mol. The van der Waals surface area contributed by atoms with Crippen molar-refractivity contribution in [3.8, 4) is 45.7 Å². The van der Waals surface area contributed by atoms with Crippen LogP contribution in [0.4, 0.5) is 0 Å². The SMILES string of the molecule is Cc1nc(C)nc(-c2ccc(-n3c4ccccc4c4cc(-c5cccc(C#N)c5)ccc43)c(-c3nc(C)nc(C)n3)c2)n1. The number of aryl methyl sites for hydroxylation is 4. The molecule has 0 unspecified atom stereocenters. The Morgan fingerprint density at radius 3 is 1.88 bits per heavy atom. The van der Waals surface area contributed by atoms with Crippen LogP contribution in [0.2, 0.25) is 0 Å². The Kier molecular flexibility index (Phi) is 6.21. The van der Waals surface area contributed by atoms with E-state index in [1.165, 1.54) is 0 Å². The Bertz CT molecular complexity index is 2220. The van der Waals surface area contributed by atoms with E-state index in [-0.39, 0.29) is 0 Å². The van der Waals surface area contributed by atoms with E-state index in [2.05, 4.69) is 85.2 Å². The predicted molar refractivity (Wildman–Crippen MR) is 168 cm³/mol. The van der Waals surface area contributed by atoms with Crippen LogP contribution in [-0.2, 0) is 0 Å². The number of nitrogens with zero attached hydrogens (tertiary/aromatic N) is 8. The van der Waals surface area contributed by atoms with E-state index >= 15 is 0 Å². The molecule has 7 rings (SSSR count). The Balaban J connectivity index is 1.51. The molecule has 0 saturated heterocycles. The zero-order chi connectivity index (χ0) is 29.7. The number of fused-ring (bicyclic) bond motifs is 3. The van der Waals surface area contributed by atoms with Crippen LogP contribution in [0.1, 0.15) is 28.9 Å². The lowest BCUT2D eigenvalue weighted by molar-refractivity contribution is 0.924. The largest absolute Gasteiger partial charge is 0.309 e. The number of rotatable bonds is 4. The van der Waals surface area contributed by atoms with Gasteiger partial charge in [-0.15, -0.1) is 0 Å². The van der Waals surface area contributed by atoms with Crippen LogP contribution < -0.4 is 0 Å². The van der Waals surface area contributed by atoms with Crippen molar-refractivity contribution in [3.63, 3.8) is 0 Å². The molecule has 0 atom stereocenters. The molecule has 3 aromatic heterocycles. The van der Waals surface area contributed by atoms with Gasteiger partial charge in [-0.1, -0.05) is 36.4 Å². The third kappa shape index (κ3) is 4.67. The summed E-state index contributed by atoms with van der Waals surface area (Å²) in [6.45, 7) is 7.50. The van der Waals surface area contributed by atoms with E-state index in [4.69, 9.17) is 9.97 Å². The normalized spacial score (nSPS) is 11.2. The Morgan fingerprint density at radius 2 is 1.16 bits per heavy atom. The quantitative estimate of drug-likeness (QED) is 0.224. The molecule has 0 bridgehead atoms. The molecular weight excluding hydrogens is 532 g/mol. The smallest absolute Gasteiger partial charge is 0.165 e.